The van der Waals surface area contributed by atoms with Crippen molar-refractivity contribution in [2.45, 2.75) is 12.8 Å². The van der Waals surface area contributed by atoms with E-state index < -0.39 is 0 Å². The van der Waals surface area contributed by atoms with Gasteiger partial charge >= 0.3 is 0 Å². The molecular weight excluding hydrogens is 456 g/mol. The Labute approximate surface area is 187 Å². The highest BCUT2D eigenvalue weighted by Gasteiger charge is 2.29. The van der Waals surface area contributed by atoms with E-state index in [9.17, 15) is 9.59 Å². The Kier molecular flexibility index (Phi) is 4.98. The van der Waals surface area contributed by atoms with Gasteiger partial charge in [-0.15, -0.1) is 0 Å². The summed E-state index contributed by atoms with van der Waals surface area (Å²) in [5.74, 6) is -0.731. The summed E-state index contributed by atoms with van der Waals surface area (Å²) >= 11 is 3.54. The number of carbonyl (C=O) groups is 2. The molecule has 4 aromatic rings. The number of rotatable bonds is 3. The first-order chi connectivity index (χ1) is 15.0. The van der Waals surface area contributed by atoms with Gasteiger partial charge in [-0.3, -0.25) is 9.59 Å². The molecule has 7 heteroatoms. The largest absolute Gasteiger partial charge is 0.369 e. The normalized spacial score (nSPS) is 16.7. The average Bonchev–Trinajstić information content (AvgIpc) is 3.21. The molecule has 2 aromatic heterocycles. The van der Waals surface area contributed by atoms with Crippen molar-refractivity contribution in [1.82, 2.24) is 14.9 Å². The van der Waals surface area contributed by atoms with Crippen molar-refractivity contribution in [2.24, 2.45) is 11.7 Å². The fraction of sp³-hybridized carbons (Fsp3) is 0.208. The average molecular weight is 477 g/mol. The van der Waals surface area contributed by atoms with Crippen LogP contribution in [0.5, 0.6) is 0 Å². The number of likely N-dealkylation sites (tertiary alicyclic amines) is 1. The van der Waals surface area contributed by atoms with Crippen LogP contribution in [0.25, 0.3) is 33.1 Å². The van der Waals surface area contributed by atoms with Crippen LogP contribution in [0.3, 0.4) is 0 Å². The Morgan fingerprint density at radius 3 is 2.81 bits per heavy atom. The van der Waals surface area contributed by atoms with Crippen LogP contribution >= 0.6 is 15.9 Å². The number of H-pyrrole nitrogens is 1. The van der Waals surface area contributed by atoms with Crippen molar-refractivity contribution < 1.29 is 9.59 Å². The van der Waals surface area contributed by atoms with E-state index in [1.165, 1.54) is 0 Å². The van der Waals surface area contributed by atoms with Gasteiger partial charge in [0.2, 0.25) is 5.91 Å². The van der Waals surface area contributed by atoms with Crippen LogP contribution in [0.2, 0.25) is 0 Å². The number of hydrogen-bond donors (Lipinski definition) is 2. The first-order valence-corrected chi connectivity index (χ1v) is 11.1. The van der Waals surface area contributed by atoms with Crippen molar-refractivity contribution in [3.63, 3.8) is 0 Å². The summed E-state index contributed by atoms with van der Waals surface area (Å²) in [7, 11) is 0. The Hall–Kier alpha value is -3.19. The molecule has 0 saturated carbocycles. The molecule has 2 amide bonds. The number of para-hydroxylation sites is 1. The maximum atomic E-state index is 13.6. The van der Waals surface area contributed by atoms with Crippen molar-refractivity contribution in [3.8, 4) is 11.3 Å². The minimum atomic E-state index is -0.345. The monoisotopic (exact) mass is 476 g/mol. The number of pyridine rings is 1. The number of amides is 2. The Bertz CT molecular complexity index is 1330. The van der Waals surface area contributed by atoms with Gasteiger partial charge in [0.25, 0.3) is 5.91 Å². The number of primary amides is 1. The third-order valence-corrected chi connectivity index (χ3v) is 6.47. The lowest BCUT2D eigenvalue weighted by Crippen LogP contribution is -2.44. The summed E-state index contributed by atoms with van der Waals surface area (Å²) in [4.78, 5) is 35.1. The highest BCUT2D eigenvalue weighted by molar-refractivity contribution is 9.10. The van der Waals surface area contributed by atoms with Crippen LogP contribution in [0.1, 0.15) is 23.2 Å². The number of halogens is 1. The Morgan fingerprint density at radius 2 is 1.97 bits per heavy atom. The zero-order valence-corrected chi connectivity index (χ0v) is 18.4. The highest BCUT2D eigenvalue weighted by Crippen LogP contribution is 2.33. The van der Waals surface area contributed by atoms with E-state index in [0.29, 0.717) is 18.7 Å². The maximum absolute atomic E-state index is 13.6. The minimum Gasteiger partial charge on any atom is -0.369 e. The molecule has 0 aliphatic carbocycles. The van der Waals surface area contributed by atoms with Gasteiger partial charge < -0.3 is 15.6 Å². The van der Waals surface area contributed by atoms with Gasteiger partial charge in [-0.05, 0) is 43.2 Å². The second-order valence-corrected chi connectivity index (χ2v) is 8.87. The van der Waals surface area contributed by atoms with Crippen LogP contribution in [-0.4, -0.2) is 39.8 Å². The lowest BCUT2D eigenvalue weighted by atomic mass is 9.96. The lowest BCUT2D eigenvalue weighted by molar-refractivity contribution is -0.123. The lowest BCUT2D eigenvalue weighted by Gasteiger charge is -2.31. The third-order valence-electron chi connectivity index (χ3n) is 5.98. The Balaban J connectivity index is 1.63. The molecule has 0 spiro atoms. The molecule has 6 nitrogen and oxygen atoms in total. The molecule has 2 aromatic carbocycles. The number of hydrogen-bond acceptors (Lipinski definition) is 3. The van der Waals surface area contributed by atoms with E-state index in [1.807, 2.05) is 54.7 Å². The fourth-order valence-electron chi connectivity index (χ4n) is 4.36. The second-order valence-electron chi connectivity index (χ2n) is 7.96. The van der Waals surface area contributed by atoms with Gasteiger partial charge in [0, 0.05) is 45.6 Å². The number of benzene rings is 2. The third kappa shape index (κ3) is 3.59. The summed E-state index contributed by atoms with van der Waals surface area (Å²) in [6, 6.07) is 15.6. The van der Waals surface area contributed by atoms with Crippen molar-refractivity contribution in [3.05, 3.63) is 64.8 Å². The van der Waals surface area contributed by atoms with Crippen LogP contribution in [0.4, 0.5) is 0 Å². The quantitative estimate of drug-likeness (QED) is 0.456. The number of piperidine rings is 1. The second kappa shape index (κ2) is 7.81. The minimum absolute atomic E-state index is 0.0909. The first-order valence-electron chi connectivity index (χ1n) is 10.3. The zero-order chi connectivity index (χ0) is 21.5. The highest BCUT2D eigenvalue weighted by atomic mass is 79.9. The summed E-state index contributed by atoms with van der Waals surface area (Å²) in [6.07, 6.45) is 3.42. The molecule has 1 atom stereocenters. The molecule has 1 aliphatic rings. The molecule has 1 saturated heterocycles. The molecule has 0 bridgehead atoms. The van der Waals surface area contributed by atoms with E-state index in [0.717, 1.165) is 50.4 Å². The number of fused-ring (bicyclic) bond motifs is 2. The number of aromatic amines is 1. The Morgan fingerprint density at radius 1 is 1.13 bits per heavy atom. The molecule has 3 N–H and O–H groups in total. The van der Waals surface area contributed by atoms with Crippen LogP contribution in [0, 0.1) is 5.92 Å². The standard InChI is InChI=1S/C24H21BrN4O2/c25-15-7-8-20-17(10-15)19(12-27-20)22-11-18(16-5-1-2-6-21(16)28-22)24(31)29-9-3-4-14(13-29)23(26)30/h1-2,5-8,10-12,14,27H,3-4,9,13H2,(H2,26,30). The topological polar surface area (TPSA) is 92.1 Å². The maximum Gasteiger partial charge on any atom is 0.254 e. The molecule has 1 fully saturated rings. The van der Waals surface area contributed by atoms with E-state index in [1.54, 1.807) is 4.90 Å². The number of aromatic nitrogens is 2. The number of nitrogens with two attached hydrogens (primary N) is 1. The van der Waals surface area contributed by atoms with Crippen LogP contribution in [-0.2, 0) is 4.79 Å². The molecular formula is C24H21BrN4O2. The molecule has 3 heterocycles. The summed E-state index contributed by atoms with van der Waals surface area (Å²) < 4.78 is 0.976. The smallest absolute Gasteiger partial charge is 0.254 e. The van der Waals surface area contributed by atoms with Gasteiger partial charge in [-0.1, -0.05) is 34.1 Å². The SMILES string of the molecule is NC(=O)C1CCCN(C(=O)c2cc(-c3c[nH]c4ccc(Br)cc34)nc3ccccc23)C1. The van der Waals surface area contributed by atoms with Gasteiger partial charge in [-0.25, -0.2) is 4.98 Å². The molecule has 1 aliphatic heterocycles. The van der Waals surface area contributed by atoms with E-state index in [-0.39, 0.29) is 17.7 Å². The summed E-state index contributed by atoms with van der Waals surface area (Å²) in [5.41, 5.74) is 9.54. The summed E-state index contributed by atoms with van der Waals surface area (Å²) in [5, 5.41) is 1.83. The molecule has 1 unspecified atom stereocenters. The van der Waals surface area contributed by atoms with Crippen LogP contribution in [0.15, 0.2) is 59.2 Å². The van der Waals surface area contributed by atoms with Crippen LogP contribution < -0.4 is 5.73 Å². The number of nitrogens with one attached hydrogen (secondary N) is 1. The van der Waals surface area contributed by atoms with Gasteiger partial charge in [-0.2, -0.15) is 0 Å². The van der Waals surface area contributed by atoms with E-state index in [4.69, 9.17) is 10.7 Å². The van der Waals surface area contributed by atoms with E-state index >= 15 is 0 Å². The summed E-state index contributed by atoms with van der Waals surface area (Å²) in [6.45, 7) is 0.981. The number of carbonyl (C=O) groups excluding carboxylic acids is 2. The fourth-order valence-corrected chi connectivity index (χ4v) is 4.72. The molecule has 5 rings (SSSR count). The van der Waals surface area contributed by atoms with Crippen molar-refractivity contribution >= 4 is 49.6 Å². The predicted octanol–water partition coefficient (Wildman–Crippen LogP) is 4.48. The van der Waals surface area contributed by atoms with Crippen molar-refractivity contribution in [2.75, 3.05) is 13.1 Å². The zero-order valence-electron chi connectivity index (χ0n) is 16.8. The van der Waals surface area contributed by atoms with Gasteiger partial charge in [0.1, 0.15) is 0 Å². The molecule has 0 radical (unpaired) electrons. The predicted molar refractivity (Wildman–Crippen MR) is 125 cm³/mol. The molecule has 156 valence electrons. The van der Waals surface area contributed by atoms with Gasteiger partial charge in [0.05, 0.1) is 22.7 Å². The first kappa shape index (κ1) is 19.8. The number of nitrogens with zero attached hydrogens (tertiary/aromatic N) is 2. The molecule has 31 heavy (non-hydrogen) atoms. The van der Waals surface area contributed by atoms with E-state index in [2.05, 4.69) is 20.9 Å². The van der Waals surface area contributed by atoms with Gasteiger partial charge in [0.15, 0.2) is 0 Å². The van der Waals surface area contributed by atoms with Crippen molar-refractivity contribution in [1.29, 1.82) is 0 Å².